The Morgan fingerprint density at radius 1 is 0.526 bits per heavy atom. The summed E-state index contributed by atoms with van der Waals surface area (Å²) in [5.74, 6) is -11.7. The molecule has 1 aromatic rings. The summed E-state index contributed by atoms with van der Waals surface area (Å²) in [7, 11) is 11.8. The minimum Gasteiger partial charge on any atom is -0.450 e. The molecular weight excluding hydrogens is 1220 g/mol. The van der Waals surface area contributed by atoms with E-state index in [0.29, 0.717) is 19.5 Å². The summed E-state index contributed by atoms with van der Waals surface area (Å²) in [4.78, 5) is 171. The van der Waals surface area contributed by atoms with Crippen LogP contribution in [0.4, 0.5) is 0 Å². The Bertz CT molecular complexity index is 2730. The zero-order valence-corrected chi connectivity index (χ0v) is 61.9. The predicted molar refractivity (Wildman–Crippen MR) is 362 cm³/mol. The van der Waals surface area contributed by atoms with Crippen LogP contribution in [0.15, 0.2) is 12.3 Å². The molecule has 6 N–H and O–H groups in total. The molecule has 1 aliphatic rings. The number of amides is 10. The van der Waals surface area contributed by atoms with Crippen molar-refractivity contribution in [3.8, 4) is 0 Å². The van der Waals surface area contributed by atoms with Crippen LogP contribution in [-0.2, 0) is 71.1 Å². The van der Waals surface area contributed by atoms with Crippen LogP contribution in [0.25, 0.3) is 0 Å². The molecule has 542 valence electrons. The van der Waals surface area contributed by atoms with Crippen LogP contribution in [-0.4, -0.2) is 254 Å². The van der Waals surface area contributed by atoms with E-state index in [2.05, 4.69) is 26.4 Å². The van der Waals surface area contributed by atoms with E-state index in [1.807, 2.05) is 94.3 Å². The number of aryl methyl sites for hydroxylation is 1. The number of cyclic esters (lactones) is 1. The third kappa shape index (κ3) is 24.7. The van der Waals surface area contributed by atoms with Crippen LogP contribution in [0.2, 0.25) is 0 Å². The van der Waals surface area contributed by atoms with Gasteiger partial charge in [-0.05, 0) is 119 Å². The lowest BCUT2D eigenvalue weighted by atomic mass is 9.91. The van der Waals surface area contributed by atoms with Crippen molar-refractivity contribution in [2.45, 2.75) is 235 Å². The number of nitrogens with zero attached hydrogens (tertiary/aromatic N) is 9. The molecule has 1 aliphatic heterocycles. The lowest BCUT2D eigenvalue weighted by Crippen LogP contribution is -2.64. The molecule has 0 saturated carbocycles. The van der Waals surface area contributed by atoms with Gasteiger partial charge in [-0.15, -0.1) is 0 Å². The van der Waals surface area contributed by atoms with Crippen LogP contribution in [0, 0.1) is 47.3 Å². The third-order valence-electron chi connectivity index (χ3n) is 17.6. The van der Waals surface area contributed by atoms with Gasteiger partial charge in [-0.25, -0.2) is 4.79 Å². The number of rotatable bonds is 20. The van der Waals surface area contributed by atoms with Crippen molar-refractivity contribution < 1.29 is 67.7 Å². The smallest absolute Gasteiger partial charge is 0.329 e. The molecule has 0 unspecified atom stereocenters. The number of nitrogens with one attached hydrogen (secondary N) is 4. The van der Waals surface area contributed by atoms with Gasteiger partial charge in [0.25, 0.3) is 5.91 Å². The van der Waals surface area contributed by atoms with Gasteiger partial charge in [0.05, 0.1) is 24.4 Å². The number of carbonyl (C=O) groups excluding carboxylic acids is 11. The maximum atomic E-state index is 15.4. The number of carbonyl (C=O) groups is 11. The summed E-state index contributed by atoms with van der Waals surface area (Å²) in [6.07, 6.45) is -2.27. The molecule has 27 heteroatoms. The Morgan fingerprint density at radius 3 is 1.38 bits per heavy atom. The second-order valence-corrected chi connectivity index (χ2v) is 29.4. The molecule has 0 aromatic carbocycles. The van der Waals surface area contributed by atoms with Crippen molar-refractivity contribution in [2.24, 2.45) is 54.4 Å². The highest BCUT2D eigenvalue weighted by Crippen LogP contribution is 2.25. The average Bonchev–Trinajstić information content (AvgIpc) is 0.937. The minimum absolute atomic E-state index is 0.0705. The largest absolute Gasteiger partial charge is 0.450 e. The molecule has 0 aliphatic carbocycles. The average molecular weight is 1340 g/mol. The first kappa shape index (κ1) is 84.3. The van der Waals surface area contributed by atoms with Gasteiger partial charge in [0.15, 0.2) is 6.10 Å². The third-order valence-corrected chi connectivity index (χ3v) is 17.6. The van der Waals surface area contributed by atoms with Gasteiger partial charge in [-0.1, -0.05) is 104 Å². The molecule has 1 fully saturated rings. The summed E-state index contributed by atoms with van der Waals surface area (Å²) in [5, 5.41) is 39.1. The highest BCUT2D eigenvalue weighted by atomic mass is 16.6. The molecule has 95 heavy (non-hydrogen) atoms. The fourth-order valence-corrected chi connectivity index (χ4v) is 11.8. The van der Waals surface area contributed by atoms with E-state index in [1.165, 1.54) is 70.8 Å². The van der Waals surface area contributed by atoms with E-state index >= 15 is 14.4 Å². The molecule has 2 heterocycles. The van der Waals surface area contributed by atoms with Crippen LogP contribution >= 0.6 is 0 Å². The minimum atomic E-state index is -1.78. The monoisotopic (exact) mass is 1340 g/mol. The Morgan fingerprint density at radius 2 is 0.958 bits per heavy atom. The summed E-state index contributed by atoms with van der Waals surface area (Å²) >= 11 is 0. The fourth-order valence-electron chi connectivity index (χ4n) is 11.8. The maximum Gasteiger partial charge on any atom is 0.329 e. The molecule has 0 bridgehead atoms. The standard InChI is InChI=1S/C68H121N13O14/c1-37(2)30-48-63(89)77(21)51(33-40(7)8)59(85)70-45(16)68(94)95-58(43(13)14)67(93)78(22)52(34-41(9)10)61(87)72-49(31-38(3)4)64(90)79(23)55(42(11)12)66(92)80(24)56(57(84)44(15)27-29-74(18)35-47-26-28-69-81(47)25)62(88)73-54(46(17)82)65(91)75(19)36-53(83)76(20)50(32-39(5)6)60(86)71-48/h26,28,37-46,48-52,54-58,82,84H,27,29-36H2,1-25H3,(H,70,85)(H,71,86)(H,72,87)(H,73,88)/t44-,45-,46-,48-,49-,50+,51-,52-,54+,55-,56-,57-,58+/m1/s1. The molecule has 0 radical (unpaired) electrons. The molecule has 13 atom stereocenters. The number of aliphatic hydroxyl groups excluding tert-OH is 2. The molecule has 0 spiro atoms. The fraction of sp³-hybridized carbons (Fsp3) is 0.794. The first-order valence-corrected chi connectivity index (χ1v) is 33.9. The van der Waals surface area contributed by atoms with Gasteiger partial charge < -0.3 is 70.5 Å². The number of hydrogen-bond donors (Lipinski definition) is 6. The highest BCUT2D eigenvalue weighted by Gasteiger charge is 2.46. The quantitative estimate of drug-likeness (QED) is 0.102. The van der Waals surface area contributed by atoms with Crippen molar-refractivity contribution in [1.82, 2.24) is 65.3 Å². The van der Waals surface area contributed by atoms with Crippen LogP contribution < -0.4 is 21.3 Å². The summed E-state index contributed by atoms with van der Waals surface area (Å²) in [6, 6.07) is -10.5. The second-order valence-electron chi connectivity index (χ2n) is 29.4. The number of likely N-dealkylation sites (N-methyl/N-ethyl adjacent to an activating group) is 6. The summed E-state index contributed by atoms with van der Waals surface area (Å²) < 4.78 is 7.65. The lowest BCUT2D eigenvalue weighted by molar-refractivity contribution is -0.166. The molecule has 1 saturated heterocycles. The normalized spacial score (nSPS) is 25.6. The number of ether oxygens (including phenoxy) is 1. The van der Waals surface area contributed by atoms with Crippen LogP contribution in [0.3, 0.4) is 0 Å². The first-order chi connectivity index (χ1) is 43.9. The van der Waals surface area contributed by atoms with Gasteiger partial charge in [-0.3, -0.25) is 52.6 Å². The summed E-state index contributed by atoms with van der Waals surface area (Å²) in [6.45, 7) is 29.7. The Kier molecular flexibility index (Phi) is 34.0. The molecule has 1 aromatic heterocycles. The maximum absolute atomic E-state index is 15.4. The Balaban J connectivity index is 3.04. The number of hydrogen-bond acceptors (Lipinski definition) is 16. The second kappa shape index (κ2) is 38.3. The van der Waals surface area contributed by atoms with E-state index < -0.39 is 162 Å². The van der Waals surface area contributed by atoms with E-state index in [0.717, 1.165) is 20.4 Å². The molecule has 10 amide bonds. The van der Waals surface area contributed by atoms with E-state index in [4.69, 9.17) is 4.74 Å². The van der Waals surface area contributed by atoms with Gasteiger partial charge in [0, 0.05) is 62.1 Å². The topological polar surface area (TPSA) is 326 Å². The predicted octanol–water partition coefficient (Wildman–Crippen LogP) is 2.64. The molecule has 27 nitrogen and oxygen atoms in total. The lowest BCUT2D eigenvalue weighted by Gasteiger charge is -2.40. The Hall–Kier alpha value is -6.74. The van der Waals surface area contributed by atoms with E-state index in [9.17, 15) is 48.6 Å². The van der Waals surface area contributed by atoms with Crippen molar-refractivity contribution >= 4 is 65.0 Å². The first-order valence-electron chi connectivity index (χ1n) is 33.9. The van der Waals surface area contributed by atoms with Crippen LogP contribution in [0.1, 0.15) is 162 Å². The molecular formula is C68H121N13O14. The van der Waals surface area contributed by atoms with Crippen molar-refractivity contribution in [1.29, 1.82) is 0 Å². The van der Waals surface area contributed by atoms with E-state index in [-0.39, 0.29) is 61.7 Å². The van der Waals surface area contributed by atoms with Gasteiger partial charge in [0.1, 0.15) is 54.4 Å². The van der Waals surface area contributed by atoms with Crippen molar-refractivity contribution in [3.05, 3.63) is 18.0 Å². The molecule has 2 rings (SSSR count). The van der Waals surface area contributed by atoms with Crippen molar-refractivity contribution in [3.63, 3.8) is 0 Å². The highest BCUT2D eigenvalue weighted by molar-refractivity contribution is 5.99. The van der Waals surface area contributed by atoms with Gasteiger partial charge >= 0.3 is 5.97 Å². The van der Waals surface area contributed by atoms with Gasteiger partial charge in [0.2, 0.25) is 53.2 Å². The number of esters is 1. The van der Waals surface area contributed by atoms with Crippen LogP contribution in [0.5, 0.6) is 0 Å². The van der Waals surface area contributed by atoms with Gasteiger partial charge in [-0.2, -0.15) is 5.10 Å². The SMILES string of the molecule is CC(C)C[C@@H]1C(=O)N[C@H](CC(C)C)C(=O)N(C)[C@H](C(C)C)C(=O)N(C)[C@H]([C@H](O)[C@H](C)CCN(C)Cc2ccnn2C)C(=O)N[C@@H]([C@@H](C)O)C(=O)N(C)CC(=O)N(C)[C@@H](CC(C)C)C(=O)N[C@H](CC(C)C)C(=O)N(C)[C@H](CC(C)C)C(=O)N[C@H](C)C(=O)O[C@@H](C(C)C)C(=O)N1C. The zero-order chi connectivity index (χ0) is 73.1. The Labute approximate surface area is 566 Å². The van der Waals surface area contributed by atoms with Crippen molar-refractivity contribution in [2.75, 3.05) is 62.4 Å². The number of aliphatic hydroxyl groups is 2. The summed E-state index contributed by atoms with van der Waals surface area (Å²) in [5.41, 5.74) is 0.915. The van der Waals surface area contributed by atoms with E-state index in [1.54, 1.807) is 45.5 Å². The zero-order valence-electron chi connectivity index (χ0n) is 61.9. The number of aromatic nitrogens is 2.